The molecule has 0 aliphatic heterocycles. The van der Waals surface area contributed by atoms with Crippen molar-refractivity contribution in [1.82, 2.24) is 30.0 Å². The Hall–Kier alpha value is -5.03. The molecule has 198 valence electrons. The van der Waals surface area contributed by atoms with Gasteiger partial charge in [0.25, 0.3) is 0 Å². The smallest absolute Gasteiger partial charge is 0.408 e. The van der Waals surface area contributed by atoms with Gasteiger partial charge >= 0.3 is 12.3 Å². The number of aromatic amines is 1. The Morgan fingerprint density at radius 1 is 1.26 bits per heavy atom. The molecule has 4 aromatic heterocycles. The Kier molecular flexibility index (Phi) is 6.36. The third kappa shape index (κ3) is 4.59. The molecule has 0 aliphatic carbocycles. The van der Waals surface area contributed by atoms with Crippen LogP contribution in [0.3, 0.4) is 0 Å². The number of carbonyl (C=O) groups excluding carboxylic acids is 1. The van der Waals surface area contributed by atoms with E-state index in [1.165, 1.54) is 24.7 Å². The number of aliphatic hydroxyl groups is 1. The van der Waals surface area contributed by atoms with E-state index in [0.717, 1.165) is 23.0 Å². The quantitative estimate of drug-likeness (QED) is 0.277. The Morgan fingerprint density at radius 3 is 2.72 bits per heavy atom. The number of benzene rings is 1. The molecule has 0 unspecified atom stereocenters. The lowest BCUT2D eigenvalue weighted by molar-refractivity contribution is -0.142. The zero-order chi connectivity index (χ0) is 27.9. The van der Waals surface area contributed by atoms with Crippen LogP contribution < -0.4 is 10.1 Å². The van der Waals surface area contributed by atoms with Gasteiger partial charge in [-0.3, -0.25) is 4.98 Å². The van der Waals surface area contributed by atoms with Crippen LogP contribution in [0, 0.1) is 17.1 Å². The maximum Gasteiger partial charge on any atom is 0.435 e. The monoisotopic (exact) mass is 539 g/mol. The summed E-state index contributed by atoms with van der Waals surface area (Å²) >= 11 is 0. The minimum Gasteiger partial charge on any atom is -0.408 e. The first-order valence-electron chi connectivity index (χ1n) is 11.4. The van der Waals surface area contributed by atoms with Gasteiger partial charge < -0.3 is 20.1 Å². The Morgan fingerprint density at radius 2 is 2.05 bits per heavy atom. The molecule has 0 radical (unpaired) electrons. The number of carbonyl (C=O) groups is 1. The molecule has 3 N–H and O–H groups in total. The van der Waals surface area contributed by atoms with Gasteiger partial charge in [-0.1, -0.05) is 0 Å². The zero-order valence-corrected chi connectivity index (χ0v) is 20.0. The van der Waals surface area contributed by atoms with Gasteiger partial charge in [-0.15, -0.1) is 0 Å². The summed E-state index contributed by atoms with van der Waals surface area (Å²) in [5.41, 5.74) is -0.796. The molecule has 1 amide bonds. The third-order valence-electron chi connectivity index (χ3n) is 5.79. The number of nitriles is 1. The molecule has 14 heteroatoms. The van der Waals surface area contributed by atoms with E-state index in [0.29, 0.717) is 5.56 Å². The molecule has 0 aliphatic rings. The van der Waals surface area contributed by atoms with Gasteiger partial charge in [0.1, 0.15) is 17.5 Å². The normalized spacial score (nSPS) is 11.6. The van der Waals surface area contributed by atoms with E-state index in [9.17, 15) is 32.7 Å². The van der Waals surface area contributed by atoms with Gasteiger partial charge in [0.2, 0.25) is 0 Å². The van der Waals surface area contributed by atoms with Crippen LogP contribution in [0.15, 0.2) is 43.0 Å². The summed E-state index contributed by atoms with van der Waals surface area (Å²) in [6.07, 6.45) is -0.691. The Labute approximate surface area is 216 Å². The fraction of sp³-hybridized carbons (Fsp3) is 0.160. The van der Waals surface area contributed by atoms with Crippen molar-refractivity contribution in [3.05, 3.63) is 65.6 Å². The number of hydrogen-bond acceptors (Lipinski definition) is 7. The van der Waals surface area contributed by atoms with Gasteiger partial charge in [0, 0.05) is 59.5 Å². The number of amides is 1. The van der Waals surface area contributed by atoms with Crippen LogP contribution in [0.1, 0.15) is 23.7 Å². The summed E-state index contributed by atoms with van der Waals surface area (Å²) in [5, 5.41) is 25.4. The molecule has 0 saturated carbocycles. The predicted molar refractivity (Wildman–Crippen MR) is 129 cm³/mol. The topological polar surface area (TPSA) is 142 Å². The summed E-state index contributed by atoms with van der Waals surface area (Å²) in [5.74, 6) is -0.971. The van der Waals surface area contributed by atoms with Crippen LogP contribution in [0.4, 0.5) is 22.4 Å². The summed E-state index contributed by atoms with van der Waals surface area (Å²) in [7, 11) is 0. The van der Waals surface area contributed by atoms with Gasteiger partial charge in [-0.2, -0.15) is 23.5 Å². The average Bonchev–Trinajstić information content (AvgIpc) is 3.50. The minimum absolute atomic E-state index is 0.0305. The van der Waals surface area contributed by atoms with Crippen LogP contribution in [0.2, 0.25) is 0 Å². The maximum absolute atomic E-state index is 14.8. The van der Waals surface area contributed by atoms with Crippen molar-refractivity contribution in [1.29, 1.82) is 5.26 Å². The number of fused-ring (bicyclic) bond motifs is 3. The maximum atomic E-state index is 14.8. The van der Waals surface area contributed by atoms with Gasteiger partial charge in [0.05, 0.1) is 28.8 Å². The van der Waals surface area contributed by atoms with E-state index in [1.54, 1.807) is 6.92 Å². The molecule has 5 rings (SSSR count). The van der Waals surface area contributed by atoms with Crippen molar-refractivity contribution in [2.45, 2.75) is 19.7 Å². The SMILES string of the molecule is CCNC(=O)Oc1cc(F)cc2c1[nH]c1ncc(-c3cncc(C#N)c3)c(-n3cc(CO)c(C(F)(F)F)n3)c12. The zero-order valence-electron chi connectivity index (χ0n) is 20.0. The van der Waals surface area contributed by atoms with Crippen LogP contribution in [0.5, 0.6) is 5.75 Å². The van der Waals surface area contributed by atoms with E-state index in [-0.39, 0.29) is 51.0 Å². The largest absolute Gasteiger partial charge is 0.435 e. The molecule has 0 spiro atoms. The Balaban J connectivity index is 1.88. The molecule has 39 heavy (non-hydrogen) atoms. The number of alkyl halides is 3. The number of aliphatic hydroxyl groups excluding tert-OH is 1. The van der Waals surface area contributed by atoms with Crippen molar-refractivity contribution >= 4 is 28.0 Å². The lowest BCUT2D eigenvalue weighted by Gasteiger charge is -2.12. The van der Waals surface area contributed by atoms with Crippen molar-refractivity contribution in [2.75, 3.05) is 6.54 Å². The van der Waals surface area contributed by atoms with Crippen molar-refractivity contribution < 1.29 is 32.2 Å². The highest BCUT2D eigenvalue weighted by atomic mass is 19.4. The molecule has 0 bridgehead atoms. The minimum atomic E-state index is -4.88. The molecular formula is C25H17F4N7O3. The number of rotatable bonds is 5. The fourth-order valence-corrected chi connectivity index (χ4v) is 4.21. The van der Waals surface area contributed by atoms with E-state index in [4.69, 9.17) is 4.74 Å². The number of nitrogens with zero attached hydrogens (tertiary/aromatic N) is 5. The van der Waals surface area contributed by atoms with E-state index in [2.05, 4.69) is 25.4 Å². The lowest BCUT2D eigenvalue weighted by Crippen LogP contribution is -2.26. The van der Waals surface area contributed by atoms with Crippen molar-refractivity contribution in [3.8, 4) is 28.6 Å². The number of ether oxygens (including phenoxy) is 1. The number of halogens is 4. The van der Waals surface area contributed by atoms with Crippen LogP contribution in [-0.4, -0.2) is 42.5 Å². The first-order valence-corrected chi connectivity index (χ1v) is 11.4. The second-order valence-corrected chi connectivity index (χ2v) is 8.29. The Bertz CT molecular complexity index is 1790. The number of hydrogen-bond donors (Lipinski definition) is 3. The molecule has 1 aromatic carbocycles. The summed E-state index contributed by atoms with van der Waals surface area (Å²) < 4.78 is 62.1. The highest BCUT2D eigenvalue weighted by Gasteiger charge is 2.37. The fourth-order valence-electron chi connectivity index (χ4n) is 4.21. The van der Waals surface area contributed by atoms with E-state index >= 15 is 0 Å². The molecule has 0 atom stereocenters. The standard InChI is InChI=1S/C25H17F4N7O3/c1-2-32-24(38)39-18-5-15(26)4-16-19-21(36-10-14(11-37)22(35-36)25(27,28)29)17(9-33-23(19)34-20(16)18)13-3-12(6-30)7-31-8-13/h3-5,7-10,37H,2,11H2,1H3,(H,32,38)(H,33,34). The summed E-state index contributed by atoms with van der Waals surface area (Å²) in [6.45, 7) is 0.971. The predicted octanol–water partition coefficient (Wildman–Crippen LogP) is 4.59. The van der Waals surface area contributed by atoms with Crippen molar-refractivity contribution in [2.24, 2.45) is 0 Å². The second-order valence-electron chi connectivity index (χ2n) is 8.29. The van der Waals surface area contributed by atoms with Gasteiger partial charge in [-0.25, -0.2) is 18.9 Å². The molecular weight excluding hydrogens is 522 g/mol. The highest BCUT2D eigenvalue weighted by molar-refractivity contribution is 6.14. The number of nitrogens with one attached hydrogen (secondary N) is 2. The van der Waals surface area contributed by atoms with Gasteiger partial charge in [0.15, 0.2) is 11.4 Å². The van der Waals surface area contributed by atoms with E-state index in [1.807, 2.05) is 6.07 Å². The van der Waals surface area contributed by atoms with Crippen LogP contribution in [-0.2, 0) is 12.8 Å². The van der Waals surface area contributed by atoms with E-state index < -0.39 is 36.0 Å². The lowest BCUT2D eigenvalue weighted by atomic mass is 10.0. The highest BCUT2D eigenvalue weighted by Crippen LogP contribution is 2.40. The first-order chi connectivity index (χ1) is 18.6. The number of aromatic nitrogens is 5. The number of pyridine rings is 2. The second kappa shape index (κ2) is 9.69. The van der Waals surface area contributed by atoms with Crippen LogP contribution >= 0.6 is 0 Å². The molecule has 0 saturated heterocycles. The number of H-pyrrole nitrogens is 1. The first kappa shape index (κ1) is 25.6. The average molecular weight is 539 g/mol. The van der Waals surface area contributed by atoms with Crippen molar-refractivity contribution in [3.63, 3.8) is 0 Å². The van der Waals surface area contributed by atoms with Crippen LogP contribution in [0.25, 0.3) is 38.8 Å². The summed E-state index contributed by atoms with van der Waals surface area (Å²) in [6, 6.07) is 5.49. The molecule has 0 fully saturated rings. The summed E-state index contributed by atoms with van der Waals surface area (Å²) in [4.78, 5) is 23.4. The molecule has 10 nitrogen and oxygen atoms in total. The molecule has 5 aromatic rings. The molecule has 4 heterocycles. The third-order valence-corrected chi connectivity index (χ3v) is 5.79. The van der Waals surface area contributed by atoms with Gasteiger partial charge in [-0.05, 0) is 19.1 Å².